The summed E-state index contributed by atoms with van der Waals surface area (Å²) >= 11 is 0. The Bertz CT molecular complexity index is 310. The summed E-state index contributed by atoms with van der Waals surface area (Å²) in [5.41, 5.74) is 2.05. The highest BCUT2D eigenvalue weighted by Gasteiger charge is 2.33. The average Bonchev–Trinajstić information content (AvgIpc) is 2.46. The molecule has 0 radical (unpaired) electrons. The predicted octanol–water partition coefficient (Wildman–Crippen LogP) is 3.73. The van der Waals surface area contributed by atoms with Crippen LogP contribution in [0, 0.1) is 0 Å². The molecule has 2 atom stereocenters. The second kappa shape index (κ2) is 6.90. The van der Waals surface area contributed by atoms with E-state index in [1.165, 1.54) is 64.6 Å². The lowest BCUT2D eigenvalue weighted by Crippen LogP contribution is -2.62. The quantitative estimate of drug-likeness (QED) is 0.761. The number of hydrogen-bond donors (Lipinski definition) is 1. The predicted molar refractivity (Wildman–Crippen MR) is 83.5 cm³/mol. The standard InChI is InChI=1S/C17H32N2/c1-4-16-13-18-17(3,5-2)14-19(16)12-11-15-9-7-6-8-10-15/h9,16,18H,4-8,10-14H2,1-3H3. The second-order valence-corrected chi connectivity index (χ2v) is 6.69. The van der Waals surface area contributed by atoms with Gasteiger partial charge in [-0.25, -0.2) is 0 Å². The van der Waals surface area contributed by atoms with Crippen molar-refractivity contribution in [3.63, 3.8) is 0 Å². The summed E-state index contributed by atoms with van der Waals surface area (Å²) in [5.74, 6) is 0. The highest BCUT2D eigenvalue weighted by atomic mass is 15.2. The molecule has 0 aromatic rings. The Kier molecular flexibility index (Phi) is 5.47. The maximum absolute atomic E-state index is 3.76. The highest BCUT2D eigenvalue weighted by molar-refractivity contribution is 5.06. The van der Waals surface area contributed by atoms with Crippen molar-refractivity contribution in [2.75, 3.05) is 19.6 Å². The summed E-state index contributed by atoms with van der Waals surface area (Å²) in [6, 6.07) is 0.740. The summed E-state index contributed by atoms with van der Waals surface area (Å²) < 4.78 is 0. The summed E-state index contributed by atoms with van der Waals surface area (Å²) in [6.45, 7) is 10.7. The maximum atomic E-state index is 3.76. The van der Waals surface area contributed by atoms with Gasteiger partial charge in [0.1, 0.15) is 0 Å². The summed E-state index contributed by atoms with van der Waals surface area (Å²) in [7, 11) is 0. The Hall–Kier alpha value is -0.340. The number of rotatable bonds is 5. The van der Waals surface area contributed by atoms with E-state index in [4.69, 9.17) is 0 Å². The average molecular weight is 264 g/mol. The molecule has 0 spiro atoms. The van der Waals surface area contributed by atoms with Gasteiger partial charge in [0, 0.05) is 31.2 Å². The monoisotopic (exact) mass is 264 g/mol. The fraction of sp³-hybridized carbons (Fsp3) is 0.882. The van der Waals surface area contributed by atoms with Crippen LogP contribution in [0.1, 0.15) is 65.7 Å². The van der Waals surface area contributed by atoms with E-state index in [2.05, 4.69) is 37.1 Å². The SMILES string of the molecule is CCC1CNC(C)(CC)CN1CCC1=CCCCC1. The zero-order valence-corrected chi connectivity index (χ0v) is 13.2. The van der Waals surface area contributed by atoms with Crippen LogP contribution in [0.25, 0.3) is 0 Å². The molecule has 1 heterocycles. The molecule has 2 heteroatoms. The van der Waals surface area contributed by atoms with E-state index in [0.717, 1.165) is 6.04 Å². The third-order valence-corrected chi connectivity index (χ3v) is 5.19. The van der Waals surface area contributed by atoms with Crippen LogP contribution < -0.4 is 5.32 Å². The Balaban J connectivity index is 1.89. The molecule has 1 saturated heterocycles. The van der Waals surface area contributed by atoms with Gasteiger partial charge in [0.15, 0.2) is 0 Å². The van der Waals surface area contributed by atoms with Crippen molar-refractivity contribution in [1.82, 2.24) is 10.2 Å². The van der Waals surface area contributed by atoms with Crippen LogP contribution in [0.2, 0.25) is 0 Å². The van der Waals surface area contributed by atoms with Crippen molar-refractivity contribution < 1.29 is 0 Å². The lowest BCUT2D eigenvalue weighted by Gasteiger charge is -2.46. The fourth-order valence-electron chi connectivity index (χ4n) is 3.45. The number of nitrogens with zero attached hydrogens (tertiary/aromatic N) is 1. The van der Waals surface area contributed by atoms with Crippen molar-refractivity contribution >= 4 is 0 Å². The van der Waals surface area contributed by atoms with Crippen LogP contribution in [0.5, 0.6) is 0 Å². The molecule has 1 N–H and O–H groups in total. The Morgan fingerprint density at radius 2 is 2.21 bits per heavy atom. The molecule has 2 unspecified atom stereocenters. The summed E-state index contributed by atoms with van der Waals surface area (Å²) in [6.07, 6.45) is 11.8. The van der Waals surface area contributed by atoms with Gasteiger partial charge in [-0.05, 0) is 51.9 Å². The van der Waals surface area contributed by atoms with Gasteiger partial charge in [-0.2, -0.15) is 0 Å². The summed E-state index contributed by atoms with van der Waals surface area (Å²) in [4.78, 5) is 2.75. The normalized spacial score (nSPS) is 33.2. The number of piperazine rings is 1. The van der Waals surface area contributed by atoms with Crippen LogP contribution >= 0.6 is 0 Å². The lowest BCUT2D eigenvalue weighted by atomic mass is 9.91. The molecule has 1 aliphatic heterocycles. The van der Waals surface area contributed by atoms with Crippen molar-refractivity contribution in [2.24, 2.45) is 0 Å². The van der Waals surface area contributed by atoms with Crippen molar-refractivity contribution in [3.05, 3.63) is 11.6 Å². The van der Waals surface area contributed by atoms with Gasteiger partial charge >= 0.3 is 0 Å². The minimum absolute atomic E-state index is 0.326. The smallest absolute Gasteiger partial charge is 0.0278 e. The molecule has 0 aromatic heterocycles. The third kappa shape index (κ3) is 4.06. The molecule has 0 saturated carbocycles. The zero-order valence-electron chi connectivity index (χ0n) is 13.2. The molecule has 0 amide bonds. The van der Waals surface area contributed by atoms with Crippen LogP contribution in [-0.2, 0) is 0 Å². The minimum Gasteiger partial charge on any atom is -0.309 e. The van der Waals surface area contributed by atoms with Crippen molar-refractivity contribution in [3.8, 4) is 0 Å². The Morgan fingerprint density at radius 1 is 1.37 bits per heavy atom. The fourth-order valence-corrected chi connectivity index (χ4v) is 3.45. The molecule has 19 heavy (non-hydrogen) atoms. The molecule has 2 rings (SSSR count). The zero-order chi connectivity index (χ0) is 13.7. The van der Waals surface area contributed by atoms with Crippen molar-refractivity contribution in [1.29, 1.82) is 0 Å². The third-order valence-electron chi connectivity index (χ3n) is 5.19. The molecule has 1 fully saturated rings. The van der Waals surface area contributed by atoms with E-state index in [-0.39, 0.29) is 0 Å². The molecular formula is C17H32N2. The molecule has 0 bridgehead atoms. The van der Waals surface area contributed by atoms with E-state index in [0.29, 0.717) is 5.54 Å². The van der Waals surface area contributed by atoms with Gasteiger partial charge in [-0.1, -0.05) is 25.5 Å². The molecule has 2 aliphatic rings. The van der Waals surface area contributed by atoms with E-state index in [1.54, 1.807) is 5.57 Å². The van der Waals surface area contributed by atoms with Gasteiger partial charge < -0.3 is 5.32 Å². The van der Waals surface area contributed by atoms with E-state index >= 15 is 0 Å². The first-order valence-electron chi connectivity index (χ1n) is 8.34. The number of nitrogens with one attached hydrogen (secondary N) is 1. The summed E-state index contributed by atoms with van der Waals surface area (Å²) in [5, 5.41) is 3.76. The van der Waals surface area contributed by atoms with Gasteiger partial charge in [-0.15, -0.1) is 0 Å². The Morgan fingerprint density at radius 3 is 2.84 bits per heavy atom. The molecule has 1 aliphatic carbocycles. The number of hydrogen-bond acceptors (Lipinski definition) is 2. The minimum atomic E-state index is 0.326. The van der Waals surface area contributed by atoms with Crippen LogP contribution in [-0.4, -0.2) is 36.1 Å². The van der Waals surface area contributed by atoms with Crippen LogP contribution in [0.15, 0.2) is 11.6 Å². The molecule has 2 nitrogen and oxygen atoms in total. The van der Waals surface area contributed by atoms with Gasteiger partial charge in [0.2, 0.25) is 0 Å². The highest BCUT2D eigenvalue weighted by Crippen LogP contribution is 2.24. The maximum Gasteiger partial charge on any atom is 0.0278 e. The van der Waals surface area contributed by atoms with Crippen molar-refractivity contribution in [2.45, 2.75) is 77.3 Å². The first kappa shape index (κ1) is 15.1. The van der Waals surface area contributed by atoms with Gasteiger partial charge in [0.05, 0.1) is 0 Å². The van der Waals surface area contributed by atoms with Gasteiger partial charge in [0.25, 0.3) is 0 Å². The molecule has 110 valence electrons. The topological polar surface area (TPSA) is 15.3 Å². The van der Waals surface area contributed by atoms with Gasteiger partial charge in [-0.3, -0.25) is 4.90 Å². The second-order valence-electron chi connectivity index (χ2n) is 6.69. The Labute approximate surface area is 119 Å². The largest absolute Gasteiger partial charge is 0.309 e. The van der Waals surface area contributed by atoms with E-state index in [1.807, 2.05) is 0 Å². The lowest BCUT2D eigenvalue weighted by molar-refractivity contribution is 0.0829. The van der Waals surface area contributed by atoms with Crippen LogP contribution in [0.4, 0.5) is 0 Å². The van der Waals surface area contributed by atoms with E-state index in [9.17, 15) is 0 Å². The first-order chi connectivity index (χ1) is 9.17. The van der Waals surface area contributed by atoms with E-state index < -0.39 is 0 Å². The number of allylic oxidation sites excluding steroid dienone is 1. The first-order valence-corrected chi connectivity index (χ1v) is 8.34. The molecular weight excluding hydrogens is 232 g/mol. The molecule has 0 aromatic carbocycles. The van der Waals surface area contributed by atoms with Crippen LogP contribution in [0.3, 0.4) is 0 Å².